The van der Waals surface area contributed by atoms with E-state index >= 15 is 0 Å². The molecule has 0 aliphatic heterocycles. The Labute approximate surface area is 94.8 Å². The first-order chi connectivity index (χ1) is 7.57. The van der Waals surface area contributed by atoms with Gasteiger partial charge in [-0.05, 0) is 19.9 Å². The van der Waals surface area contributed by atoms with Crippen LogP contribution in [-0.4, -0.2) is 15.1 Å². The maximum atomic E-state index is 9.84. The molecule has 1 aromatic heterocycles. The lowest BCUT2D eigenvalue weighted by Crippen LogP contribution is -2.19. The summed E-state index contributed by atoms with van der Waals surface area (Å²) in [5.74, 6) is 0.439. The van der Waals surface area contributed by atoms with Gasteiger partial charge in [-0.25, -0.2) is 9.97 Å². The molecule has 0 spiro atoms. The molecular formula is C13H14N2O. The van der Waals surface area contributed by atoms with Crippen molar-refractivity contribution in [2.45, 2.75) is 19.4 Å². The second-order valence-corrected chi connectivity index (χ2v) is 4.19. The molecule has 1 N–H and O–H groups in total. The van der Waals surface area contributed by atoms with E-state index in [1.54, 1.807) is 20.0 Å². The minimum atomic E-state index is -1.01. The Kier molecular flexibility index (Phi) is 2.71. The Morgan fingerprint density at radius 2 is 1.75 bits per heavy atom. The minimum Gasteiger partial charge on any atom is -0.382 e. The predicted octanol–water partition coefficient (Wildman–Crippen LogP) is 2.37. The van der Waals surface area contributed by atoms with E-state index in [9.17, 15) is 5.11 Å². The van der Waals surface area contributed by atoms with E-state index in [0.717, 1.165) is 11.3 Å². The van der Waals surface area contributed by atoms with Gasteiger partial charge in [-0.15, -0.1) is 0 Å². The highest BCUT2D eigenvalue weighted by atomic mass is 16.3. The van der Waals surface area contributed by atoms with Crippen LogP contribution in [0.25, 0.3) is 11.3 Å². The SMILES string of the molecule is CC(C)(O)c1nccc(-c2ccccc2)n1. The zero-order chi connectivity index (χ0) is 11.6. The Morgan fingerprint density at radius 3 is 2.38 bits per heavy atom. The molecule has 2 aromatic rings. The topological polar surface area (TPSA) is 46.0 Å². The van der Waals surface area contributed by atoms with Gasteiger partial charge in [0.25, 0.3) is 0 Å². The van der Waals surface area contributed by atoms with Crippen molar-refractivity contribution in [3.05, 3.63) is 48.4 Å². The fourth-order valence-corrected chi connectivity index (χ4v) is 1.42. The van der Waals surface area contributed by atoms with E-state index in [1.165, 1.54) is 0 Å². The fraction of sp³-hybridized carbons (Fsp3) is 0.231. The molecule has 0 amide bonds. The number of aliphatic hydroxyl groups is 1. The molecule has 0 unspecified atom stereocenters. The highest BCUT2D eigenvalue weighted by molar-refractivity contribution is 5.58. The van der Waals surface area contributed by atoms with Gasteiger partial charge >= 0.3 is 0 Å². The Morgan fingerprint density at radius 1 is 1.06 bits per heavy atom. The van der Waals surface area contributed by atoms with Gasteiger partial charge in [-0.3, -0.25) is 0 Å². The van der Waals surface area contributed by atoms with Crippen LogP contribution in [0.4, 0.5) is 0 Å². The smallest absolute Gasteiger partial charge is 0.159 e. The minimum absolute atomic E-state index is 0.439. The Hall–Kier alpha value is -1.74. The van der Waals surface area contributed by atoms with E-state index in [4.69, 9.17) is 0 Å². The summed E-state index contributed by atoms with van der Waals surface area (Å²) in [7, 11) is 0. The molecule has 2 rings (SSSR count). The van der Waals surface area contributed by atoms with Gasteiger partial charge < -0.3 is 5.11 Å². The molecule has 0 aliphatic rings. The molecule has 0 bridgehead atoms. The summed E-state index contributed by atoms with van der Waals surface area (Å²) >= 11 is 0. The molecule has 16 heavy (non-hydrogen) atoms. The molecule has 0 fully saturated rings. The number of hydrogen-bond donors (Lipinski definition) is 1. The number of aromatic nitrogens is 2. The molecule has 1 aromatic carbocycles. The van der Waals surface area contributed by atoms with Crippen LogP contribution in [0, 0.1) is 0 Å². The van der Waals surface area contributed by atoms with Crippen molar-refractivity contribution in [2.24, 2.45) is 0 Å². The van der Waals surface area contributed by atoms with Gasteiger partial charge in [-0.2, -0.15) is 0 Å². The molecule has 3 nitrogen and oxygen atoms in total. The van der Waals surface area contributed by atoms with Crippen LogP contribution in [0.2, 0.25) is 0 Å². The summed E-state index contributed by atoms with van der Waals surface area (Å²) in [6, 6.07) is 11.7. The summed E-state index contributed by atoms with van der Waals surface area (Å²) in [6.07, 6.45) is 1.67. The summed E-state index contributed by atoms with van der Waals surface area (Å²) in [6.45, 7) is 3.36. The largest absolute Gasteiger partial charge is 0.382 e. The van der Waals surface area contributed by atoms with E-state index in [2.05, 4.69) is 9.97 Å². The van der Waals surface area contributed by atoms with E-state index in [0.29, 0.717) is 5.82 Å². The third-order valence-corrected chi connectivity index (χ3v) is 2.27. The van der Waals surface area contributed by atoms with Crippen LogP contribution in [0.5, 0.6) is 0 Å². The molecule has 0 aliphatic carbocycles. The first-order valence-corrected chi connectivity index (χ1v) is 5.19. The van der Waals surface area contributed by atoms with Gasteiger partial charge in [0.1, 0.15) is 5.60 Å². The average Bonchev–Trinajstić information content (AvgIpc) is 2.29. The molecular weight excluding hydrogens is 200 g/mol. The van der Waals surface area contributed by atoms with Crippen LogP contribution < -0.4 is 0 Å². The van der Waals surface area contributed by atoms with Crippen molar-refractivity contribution in [1.82, 2.24) is 9.97 Å². The van der Waals surface area contributed by atoms with Crippen LogP contribution in [0.15, 0.2) is 42.6 Å². The van der Waals surface area contributed by atoms with Crippen molar-refractivity contribution in [1.29, 1.82) is 0 Å². The number of benzene rings is 1. The standard InChI is InChI=1S/C13H14N2O/c1-13(2,16)12-14-9-8-11(15-12)10-6-4-3-5-7-10/h3-9,16H,1-2H3. The van der Waals surface area contributed by atoms with Gasteiger partial charge in [0.05, 0.1) is 5.69 Å². The first kappa shape index (κ1) is 10.8. The second-order valence-electron chi connectivity index (χ2n) is 4.19. The predicted molar refractivity (Wildman–Crippen MR) is 62.7 cm³/mol. The van der Waals surface area contributed by atoms with Crippen LogP contribution in [0.3, 0.4) is 0 Å². The van der Waals surface area contributed by atoms with Crippen LogP contribution >= 0.6 is 0 Å². The summed E-state index contributed by atoms with van der Waals surface area (Å²) < 4.78 is 0. The first-order valence-electron chi connectivity index (χ1n) is 5.19. The third kappa shape index (κ3) is 2.25. The molecule has 0 atom stereocenters. The van der Waals surface area contributed by atoms with Gasteiger partial charge in [-0.1, -0.05) is 30.3 Å². The number of hydrogen-bond acceptors (Lipinski definition) is 3. The molecule has 0 saturated carbocycles. The lowest BCUT2D eigenvalue weighted by atomic mass is 10.1. The normalized spacial score (nSPS) is 11.4. The van der Waals surface area contributed by atoms with E-state index in [-0.39, 0.29) is 0 Å². The Balaban J connectivity index is 2.45. The quantitative estimate of drug-likeness (QED) is 0.834. The molecule has 0 radical (unpaired) electrons. The monoisotopic (exact) mass is 214 g/mol. The highest BCUT2D eigenvalue weighted by Gasteiger charge is 2.19. The maximum Gasteiger partial charge on any atom is 0.159 e. The van der Waals surface area contributed by atoms with E-state index < -0.39 is 5.60 Å². The van der Waals surface area contributed by atoms with E-state index in [1.807, 2.05) is 36.4 Å². The summed E-state index contributed by atoms with van der Waals surface area (Å²) in [5, 5.41) is 9.84. The van der Waals surface area contributed by atoms with Crippen LogP contribution in [-0.2, 0) is 5.60 Å². The number of rotatable bonds is 2. The zero-order valence-electron chi connectivity index (χ0n) is 9.38. The molecule has 82 valence electrons. The lowest BCUT2D eigenvalue weighted by Gasteiger charge is -2.15. The van der Waals surface area contributed by atoms with Gasteiger partial charge in [0.15, 0.2) is 5.82 Å². The maximum absolute atomic E-state index is 9.84. The third-order valence-electron chi connectivity index (χ3n) is 2.27. The van der Waals surface area contributed by atoms with Crippen molar-refractivity contribution in [2.75, 3.05) is 0 Å². The van der Waals surface area contributed by atoms with Gasteiger partial charge in [0, 0.05) is 11.8 Å². The van der Waals surface area contributed by atoms with Crippen molar-refractivity contribution in [3.63, 3.8) is 0 Å². The summed E-state index contributed by atoms with van der Waals surface area (Å²) in [5.41, 5.74) is 0.841. The van der Waals surface area contributed by atoms with Crippen molar-refractivity contribution < 1.29 is 5.11 Å². The number of nitrogens with zero attached hydrogens (tertiary/aromatic N) is 2. The van der Waals surface area contributed by atoms with Crippen molar-refractivity contribution in [3.8, 4) is 11.3 Å². The Bertz CT molecular complexity index is 475. The molecule has 0 saturated heterocycles. The lowest BCUT2D eigenvalue weighted by molar-refractivity contribution is 0.0688. The van der Waals surface area contributed by atoms with Crippen LogP contribution in [0.1, 0.15) is 19.7 Å². The zero-order valence-corrected chi connectivity index (χ0v) is 9.38. The highest BCUT2D eigenvalue weighted by Crippen LogP contribution is 2.20. The fourth-order valence-electron chi connectivity index (χ4n) is 1.42. The van der Waals surface area contributed by atoms with Crippen molar-refractivity contribution >= 4 is 0 Å². The second kappa shape index (κ2) is 4.02. The molecule has 1 heterocycles. The average molecular weight is 214 g/mol. The summed E-state index contributed by atoms with van der Waals surface area (Å²) in [4.78, 5) is 8.43. The van der Waals surface area contributed by atoms with Gasteiger partial charge in [0.2, 0.25) is 0 Å². The molecule has 3 heteroatoms.